The Morgan fingerprint density at radius 3 is 2.56 bits per heavy atom. The fourth-order valence-corrected chi connectivity index (χ4v) is 2.12. The van der Waals surface area contributed by atoms with Gasteiger partial charge in [-0.25, -0.2) is 4.79 Å². The average molecular weight is 307 g/mol. The zero-order chi connectivity index (χ0) is 13.4. The highest BCUT2D eigenvalue weighted by molar-refractivity contribution is 6.49. The monoisotopic (exact) mass is 305 g/mol. The van der Waals surface area contributed by atoms with Gasteiger partial charge in [0.05, 0.1) is 20.8 Å². The highest BCUT2D eigenvalue weighted by Gasteiger charge is 2.22. The molecular weight excluding hydrogens is 300 g/mol. The molecule has 94 valence electrons. The van der Waals surface area contributed by atoms with E-state index < -0.39 is 5.97 Å². The lowest BCUT2D eigenvalue weighted by molar-refractivity contribution is 0.0699. The molecule has 0 spiro atoms. The van der Waals surface area contributed by atoms with Crippen molar-refractivity contribution in [2.45, 2.75) is 0 Å². The van der Waals surface area contributed by atoms with Gasteiger partial charge in [-0.05, 0) is 12.1 Å². The Bertz CT molecular complexity index is 640. The number of nitrogen functional groups attached to an aromatic ring is 1. The van der Waals surface area contributed by atoms with Gasteiger partial charge in [0, 0.05) is 5.56 Å². The third kappa shape index (κ3) is 2.01. The standard InChI is InChI=1S/C10H6Cl3N3O2/c11-4-2-1-3(6(12)7(4)13)8-5(10(17)18)9(14)16-15-8/h1-2H,(H,17,18)(H3,14,15,16). The van der Waals surface area contributed by atoms with E-state index in [2.05, 4.69) is 10.2 Å². The molecule has 0 fully saturated rings. The Morgan fingerprint density at radius 1 is 1.28 bits per heavy atom. The predicted octanol–water partition coefficient (Wildman–Crippen LogP) is 3.32. The number of benzene rings is 1. The SMILES string of the molecule is Nc1n[nH]c(-c2ccc(Cl)c(Cl)c2Cl)c1C(=O)O. The van der Waals surface area contributed by atoms with Crippen LogP contribution in [0.25, 0.3) is 11.3 Å². The summed E-state index contributed by atoms with van der Waals surface area (Å²) in [5, 5.41) is 15.8. The Hall–Kier alpha value is -1.43. The molecule has 0 amide bonds. The second-order valence-electron chi connectivity index (χ2n) is 3.39. The van der Waals surface area contributed by atoms with E-state index in [1.54, 1.807) is 0 Å². The number of halogens is 3. The number of H-pyrrole nitrogens is 1. The number of carboxylic acid groups (broad SMARTS) is 1. The third-order valence-electron chi connectivity index (χ3n) is 2.31. The maximum Gasteiger partial charge on any atom is 0.341 e. The van der Waals surface area contributed by atoms with Crippen LogP contribution in [0.2, 0.25) is 15.1 Å². The van der Waals surface area contributed by atoms with Crippen LogP contribution in [0.1, 0.15) is 10.4 Å². The summed E-state index contributed by atoms with van der Waals surface area (Å²) in [6.45, 7) is 0. The van der Waals surface area contributed by atoms with E-state index in [-0.39, 0.29) is 32.1 Å². The molecule has 1 heterocycles. The van der Waals surface area contributed by atoms with E-state index in [1.807, 2.05) is 0 Å². The molecule has 1 aromatic carbocycles. The van der Waals surface area contributed by atoms with Crippen molar-refractivity contribution in [2.75, 3.05) is 5.73 Å². The van der Waals surface area contributed by atoms with Crippen molar-refractivity contribution in [3.05, 3.63) is 32.8 Å². The van der Waals surface area contributed by atoms with Crippen molar-refractivity contribution in [2.24, 2.45) is 0 Å². The summed E-state index contributed by atoms with van der Waals surface area (Å²) in [7, 11) is 0. The van der Waals surface area contributed by atoms with Crippen molar-refractivity contribution in [1.29, 1.82) is 0 Å². The second-order valence-corrected chi connectivity index (χ2v) is 4.55. The minimum atomic E-state index is -1.21. The van der Waals surface area contributed by atoms with Gasteiger partial charge in [0.25, 0.3) is 0 Å². The molecule has 0 saturated heterocycles. The number of aromatic nitrogens is 2. The maximum absolute atomic E-state index is 11.1. The highest BCUT2D eigenvalue weighted by Crippen LogP contribution is 2.39. The summed E-state index contributed by atoms with van der Waals surface area (Å²) < 4.78 is 0. The molecule has 0 aliphatic heterocycles. The second kappa shape index (κ2) is 4.68. The molecule has 0 saturated carbocycles. The number of nitrogens with two attached hydrogens (primary N) is 1. The summed E-state index contributed by atoms with van der Waals surface area (Å²) in [4.78, 5) is 11.1. The van der Waals surface area contributed by atoms with Gasteiger partial charge in [-0.2, -0.15) is 5.10 Å². The van der Waals surface area contributed by atoms with Crippen LogP contribution in [-0.2, 0) is 0 Å². The molecular formula is C10H6Cl3N3O2. The topological polar surface area (TPSA) is 92.0 Å². The Kier molecular flexibility index (Phi) is 3.38. The normalized spacial score (nSPS) is 10.6. The van der Waals surface area contributed by atoms with Gasteiger partial charge in [-0.15, -0.1) is 0 Å². The molecule has 18 heavy (non-hydrogen) atoms. The van der Waals surface area contributed by atoms with Gasteiger partial charge in [0.1, 0.15) is 5.56 Å². The smallest absolute Gasteiger partial charge is 0.341 e. The maximum atomic E-state index is 11.1. The van der Waals surface area contributed by atoms with Crippen molar-refractivity contribution in [1.82, 2.24) is 10.2 Å². The number of hydrogen-bond donors (Lipinski definition) is 3. The number of nitrogens with zero attached hydrogens (tertiary/aromatic N) is 1. The van der Waals surface area contributed by atoms with E-state index in [9.17, 15) is 4.79 Å². The first kappa shape index (κ1) is 13.0. The lowest BCUT2D eigenvalue weighted by Crippen LogP contribution is -2.01. The largest absolute Gasteiger partial charge is 0.477 e. The summed E-state index contributed by atoms with van der Waals surface area (Å²) in [5.41, 5.74) is 5.87. The number of hydrogen-bond acceptors (Lipinski definition) is 3. The number of aromatic amines is 1. The van der Waals surface area contributed by atoms with Crippen LogP contribution in [0.3, 0.4) is 0 Å². The first-order chi connectivity index (χ1) is 8.43. The molecule has 8 heteroatoms. The molecule has 2 aromatic rings. The van der Waals surface area contributed by atoms with Crippen LogP contribution in [0.4, 0.5) is 5.82 Å². The van der Waals surface area contributed by atoms with E-state index in [1.165, 1.54) is 12.1 Å². The van der Waals surface area contributed by atoms with E-state index >= 15 is 0 Å². The third-order valence-corrected chi connectivity index (χ3v) is 3.61. The minimum absolute atomic E-state index is 0.125. The number of nitrogens with one attached hydrogen (secondary N) is 1. The van der Waals surface area contributed by atoms with Crippen molar-refractivity contribution in [3.63, 3.8) is 0 Å². The molecule has 0 aliphatic rings. The number of carbonyl (C=O) groups is 1. The van der Waals surface area contributed by atoms with Gasteiger partial charge in [0.2, 0.25) is 0 Å². The fourth-order valence-electron chi connectivity index (χ4n) is 1.49. The van der Waals surface area contributed by atoms with Crippen LogP contribution in [-0.4, -0.2) is 21.3 Å². The highest BCUT2D eigenvalue weighted by atomic mass is 35.5. The number of carboxylic acids is 1. The summed E-state index contributed by atoms with van der Waals surface area (Å²) in [6.07, 6.45) is 0. The molecule has 0 aliphatic carbocycles. The van der Waals surface area contributed by atoms with Gasteiger partial charge in [-0.1, -0.05) is 34.8 Å². The molecule has 5 nitrogen and oxygen atoms in total. The molecule has 2 rings (SSSR count). The zero-order valence-corrected chi connectivity index (χ0v) is 10.9. The zero-order valence-electron chi connectivity index (χ0n) is 8.67. The molecule has 0 radical (unpaired) electrons. The van der Waals surface area contributed by atoms with Gasteiger partial charge < -0.3 is 10.8 Å². The molecule has 1 aromatic heterocycles. The van der Waals surface area contributed by atoms with E-state index in [4.69, 9.17) is 45.6 Å². The van der Waals surface area contributed by atoms with Crippen LogP contribution >= 0.6 is 34.8 Å². The molecule has 0 bridgehead atoms. The van der Waals surface area contributed by atoms with E-state index in [0.717, 1.165) is 0 Å². The first-order valence-electron chi connectivity index (χ1n) is 4.64. The van der Waals surface area contributed by atoms with Crippen LogP contribution in [0, 0.1) is 0 Å². The van der Waals surface area contributed by atoms with Gasteiger partial charge in [0.15, 0.2) is 5.82 Å². The van der Waals surface area contributed by atoms with Crippen LogP contribution in [0.5, 0.6) is 0 Å². The molecule has 0 atom stereocenters. The minimum Gasteiger partial charge on any atom is -0.477 e. The predicted molar refractivity (Wildman–Crippen MR) is 70.4 cm³/mol. The lowest BCUT2D eigenvalue weighted by atomic mass is 10.1. The van der Waals surface area contributed by atoms with Crippen molar-refractivity contribution in [3.8, 4) is 11.3 Å². The summed E-state index contributed by atoms with van der Waals surface area (Å²) in [5.74, 6) is -1.34. The fraction of sp³-hybridized carbons (Fsp3) is 0. The van der Waals surface area contributed by atoms with Gasteiger partial charge in [-0.3, -0.25) is 5.10 Å². The Balaban J connectivity index is 2.71. The Labute approximate surface area is 116 Å². The molecule has 0 unspecified atom stereocenters. The van der Waals surface area contributed by atoms with E-state index in [0.29, 0.717) is 5.56 Å². The van der Waals surface area contributed by atoms with Crippen molar-refractivity contribution < 1.29 is 9.90 Å². The summed E-state index contributed by atoms with van der Waals surface area (Å²) in [6, 6.07) is 3.05. The van der Waals surface area contributed by atoms with Crippen LogP contribution in [0.15, 0.2) is 12.1 Å². The quantitative estimate of drug-likeness (QED) is 0.742. The number of rotatable bonds is 2. The molecule has 4 N–H and O–H groups in total. The van der Waals surface area contributed by atoms with Crippen molar-refractivity contribution >= 4 is 46.6 Å². The number of aromatic carboxylic acids is 1. The first-order valence-corrected chi connectivity index (χ1v) is 5.78. The number of anilines is 1. The van der Waals surface area contributed by atoms with Crippen LogP contribution < -0.4 is 5.73 Å². The summed E-state index contributed by atoms with van der Waals surface area (Å²) >= 11 is 17.7. The Morgan fingerprint density at radius 2 is 1.94 bits per heavy atom. The lowest BCUT2D eigenvalue weighted by Gasteiger charge is -2.06. The van der Waals surface area contributed by atoms with Gasteiger partial charge >= 0.3 is 5.97 Å². The average Bonchev–Trinajstić information content (AvgIpc) is 2.68.